The molecule has 0 heterocycles. The van der Waals surface area contributed by atoms with Gasteiger partial charge in [-0.3, -0.25) is 4.79 Å². The lowest BCUT2D eigenvalue weighted by atomic mass is 9.91. The van der Waals surface area contributed by atoms with Crippen LogP contribution in [0.25, 0.3) is 11.3 Å². The summed E-state index contributed by atoms with van der Waals surface area (Å²) in [7, 11) is 0. The normalized spacial score (nSPS) is 11.3. The fourth-order valence-corrected chi connectivity index (χ4v) is 3.93. The predicted octanol–water partition coefficient (Wildman–Crippen LogP) is 6.89. The molecular formula is C31H25NO. The van der Waals surface area contributed by atoms with Crippen LogP contribution in [-0.4, -0.2) is 12.3 Å². The van der Waals surface area contributed by atoms with E-state index in [1.54, 1.807) is 0 Å². The van der Waals surface area contributed by atoms with Crippen LogP contribution in [0.3, 0.4) is 0 Å². The van der Waals surface area contributed by atoms with Gasteiger partial charge in [-0.15, -0.1) is 6.42 Å². The van der Waals surface area contributed by atoms with Crippen molar-refractivity contribution in [3.05, 3.63) is 138 Å². The average Bonchev–Trinajstić information content (AvgIpc) is 2.87. The van der Waals surface area contributed by atoms with Crippen molar-refractivity contribution >= 4 is 22.7 Å². The molecule has 0 aliphatic rings. The highest BCUT2D eigenvalue weighted by Gasteiger charge is 2.25. The molecule has 0 aliphatic carbocycles. The zero-order valence-corrected chi connectivity index (χ0v) is 18.6. The van der Waals surface area contributed by atoms with E-state index in [4.69, 9.17) is 6.42 Å². The van der Waals surface area contributed by atoms with E-state index in [1.807, 2.05) is 103 Å². The topological polar surface area (TPSA) is 20.3 Å². The SMILES string of the molecule is C#CCN(/C(=C(\C(=O)c1ccccc1)c1ccccc1)c1ccccc1)c1cccc(C)c1. The van der Waals surface area contributed by atoms with Crippen LogP contribution < -0.4 is 4.90 Å². The Labute approximate surface area is 195 Å². The summed E-state index contributed by atoms with van der Waals surface area (Å²) < 4.78 is 0. The first kappa shape index (κ1) is 21.9. The minimum atomic E-state index is -0.0460. The lowest BCUT2D eigenvalue weighted by Gasteiger charge is -2.29. The molecule has 4 aromatic rings. The molecule has 4 aromatic carbocycles. The number of carbonyl (C=O) groups is 1. The highest BCUT2D eigenvalue weighted by Crippen LogP contribution is 2.35. The predicted molar refractivity (Wildman–Crippen MR) is 138 cm³/mol. The quantitative estimate of drug-likeness (QED) is 0.139. The van der Waals surface area contributed by atoms with Gasteiger partial charge in [0.2, 0.25) is 0 Å². The maximum absolute atomic E-state index is 14.0. The zero-order valence-electron chi connectivity index (χ0n) is 18.6. The molecule has 0 atom stereocenters. The van der Waals surface area contributed by atoms with E-state index < -0.39 is 0 Å². The van der Waals surface area contributed by atoms with Crippen molar-refractivity contribution in [1.29, 1.82) is 0 Å². The number of hydrogen-bond donors (Lipinski definition) is 0. The highest BCUT2D eigenvalue weighted by atomic mass is 16.1. The van der Waals surface area contributed by atoms with Gasteiger partial charge in [0.25, 0.3) is 0 Å². The smallest absolute Gasteiger partial charge is 0.195 e. The Morgan fingerprint density at radius 1 is 0.727 bits per heavy atom. The van der Waals surface area contributed by atoms with E-state index in [2.05, 4.69) is 29.9 Å². The second kappa shape index (κ2) is 10.3. The summed E-state index contributed by atoms with van der Waals surface area (Å²) >= 11 is 0. The van der Waals surface area contributed by atoms with Gasteiger partial charge in [-0.25, -0.2) is 0 Å². The molecule has 0 N–H and O–H groups in total. The van der Waals surface area contributed by atoms with Crippen molar-refractivity contribution in [2.24, 2.45) is 0 Å². The molecule has 4 rings (SSSR count). The summed E-state index contributed by atoms with van der Waals surface area (Å²) in [5, 5.41) is 0. The number of benzene rings is 4. The third-order valence-electron chi connectivity index (χ3n) is 5.44. The second-order valence-corrected chi connectivity index (χ2v) is 7.78. The highest BCUT2D eigenvalue weighted by molar-refractivity contribution is 6.35. The number of aryl methyl sites for hydroxylation is 1. The fraction of sp³-hybridized carbons (Fsp3) is 0.0645. The number of anilines is 1. The zero-order chi connectivity index (χ0) is 23.0. The Kier molecular flexibility index (Phi) is 6.83. The van der Waals surface area contributed by atoms with Gasteiger partial charge in [-0.05, 0) is 35.7 Å². The molecule has 0 unspecified atom stereocenters. The number of hydrogen-bond acceptors (Lipinski definition) is 2. The minimum Gasteiger partial charge on any atom is -0.329 e. The van der Waals surface area contributed by atoms with Crippen LogP contribution in [0.1, 0.15) is 27.0 Å². The Bertz CT molecular complexity index is 1300. The molecule has 160 valence electrons. The van der Waals surface area contributed by atoms with E-state index in [0.717, 1.165) is 28.1 Å². The van der Waals surface area contributed by atoms with Crippen molar-refractivity contribution in [1.82, 2.24) is 0 Å². The third kappa shape index (κ3) is 4.95. The summed E-state index contributed by atoms with van der Waals surface area (Å²) in [5.74, 6) is 2.76. The molecule has 2 nitrogen and oxygen atoms in total. The Balaban J connectivity index is 2.07. The van der Waals surface area contributed by atoms with Crippen LogP contribution in [-0.2, 0) is 0 Å². The molecule has 0 radical (unpaired) electrons. The molecule has 0 spiro atoms. The summed E-state index contributed by atoms with van der Waals surface area (Å²) in [6.07, 6.45) is 5.85. The number of ketones is 1. The first-order valence-electron chi connectivity index (χ1n) is 10.9. The summed E-state index contributed by atoms with van der Waals surface area (Å²) in [6, 6.07) is 37.4. The largest absolute Gasteiger partial charge is 0.329 e. The van der Waals surface area contributed by atoms with Crippen molar-refractivity contribution < 1.29 is 4.79 Å². The van der Waals surface area contributed by atoms with Crippen LogP contribution in [0.2, 0.25) is 0 Å². The van der Waals surface area contributed by atoms with E-state index in [9.17, 15) is 4.79 Å². The molecule has 0 saturated carbocycles. The third-order valence-corrected chi connectivity index (χ3v) is 5.44. The fourth-order valence-electron chi connectivity index (χ4n) is 3.93. The average molecular weight is 428 g/mol. The van der Waals surface area contributed by atoms with Crippen molar-refractivity contribution in [2.75, 3.05) is 11.4 Å². The van der Waals surface area contributed by atoms with Gasteiger partial charge in [0.05, 0.1) is 17.8 Å². The standard InChI is InChI=1S/C31H25NO/c1-3-22-32(28-21-13-14-24(2)23-28)30(26-17-9-5-10-18-26)29(25-15-7-4-8-16-25)31(33)27-19-11-6-12-20-27/h1,4-21,23H,22H2,2H3/b30-29-. The number of Topliss-reactive ketones (excluding diaryl/α,β-unsaturated/α-hetero) is 1. The maximum atomic E-state index is 14.0. The van der Waals surface area contributed by atoms with Crippen molar-refractivity contribution in [3.8, 4) is 12.3 Å². The monoisotopic (exact) mass is 427 g/mol. The van der Waals surface area contributed by atoms with Crippen molar-refractivity contribution in [2.45, 2.75) is 6.92 Å². The van der Waals surface area contributed by atoms with Gasteiger partial charge in [-0.1, -0.05) is 109 Å². The Morgan fingerprint density at radius 3 is 1.82 bits per heavy atom. The summed E-state index contributed by atoms with van der Waals surface area (Å²) in [5.41, 5.74) is 5.88. The molecule has 0 aliphatic heterocycles. The Hall–Kier alpha value is -4.35. The Morgan fingerprint density at radius 2 is 1.27 bits per heavy atom. The molecule has 0 amide bonds. The molecule has 0 saturated heterocycles. The molecule has 2 heteroatoms. The number of carbonyl (C=O) groups excluding carboxylic acids is 1. The molecule has 0 fully saturated rings. The summed E-state index contributed by atoms with van der Waals surface area (Å²) in [6.45, 7) is 2.38. The number of rotatable bonds is 7. The van der Waals surface area contributed by atoms with Gasteiger partial charge < -0.3 is 4.90 Å². The maximum Gasteiger partial charge on any atom is 0.195 e. The van der Waals surface area contributed by atoms with Gasteiger partial charge in [-0.2, -0.15) is 0 Å². The van der Waals surface area contributed by atoms with Gasteiger partial charge in [0, 0.05) is 11.3 Å². The number of allylic oxidation sites excluding steroid dienone is 1. The second-order valence-electron chi connectivity index (χ2n) is 7.78. The van der Waals surface area contributed by atoms with E-state index >= 15 is 0 Å². The van der Waals surface area contributed by atoms with Gasteiger partial charge >= 0.3 is 0 Å². The lowest BCUT2D eigenvalue weighted by Crippen LogP contribution is -2.25. The van der Waals surface area contributed by atoms with Crippen LogP contribution >= 0.6 is 0 Å². The molecule has 0 aromatic heterocycles. The van der Waals surface area contributed by atoms with E-state index in [-0.39, 0.29) is 5.78 Å². The number of nitrogens with zero attached hydrogens (tertiary/aromatic N) is 1. The van der Waals surface area contributed by atoms with Crippen LogP contribution in [0, 0.1) is 19.3 Å². The minimum absolute atomic E-state index is 0.0460. The first-order valence-corrected chi connectivity index (χ1v) is 10.9. The van der Waals surface area contributed by atoms with Crippen molar-refractivity contribution in [3.63, 3.8) is 0 Å². The van der Waals surface area contributed by atoms with Gasteiger partial charge in [0.1, 0.15) is 0 Å². The van der Waals surface area contributed by atoms with Crippen LogP contribution in [0.4, 0.5) is 5.69 Å². The molecular weight excluding hydrogens is 402 g/mol. The van der Waals surface area contributed by atoms with E-state index in [0.29, 0.717) is 17.7 Å². The van der Waals surface area contributed by atoms with E-state index in [1.165, 1.54) is 0 Å². The van der Waals surface area contributed by atoms with Crippen LogP contribution in [0.5, 0.6) is 0 Å². The first-order chi connectivity index (χ1) is 16.2. The molecule has 0 bridgehead atoms. The lowest BCUT2D eigenvalue weighted by molar-refractivity contribution is 0.105. The summed E-state index contributed by atoms with van der Waals surface area (Å²) in [4.78, 5) is 16.1. The van der Waals surface area contributed by atoms with Gasteiger partial charge in [0.15, 0.2) is 5.78 Å². The number of terminal acetylenes is 1. The molecule has 33 heavy (non-hydrogen) atoms. The van der Waals surface area contributed by atoms with Crippen LogP contribution in [0.15, 0.2) is 115 Å².